The number of carbonyl (C=O) groups is 2. The summed E-state index contributed by atoms with van der Waals surface area (Å²) in [5, 5.41) is 5.22. The Kier molecular flexibility index (Phi) is 5.76. The van der Waals surface area contributed by atoms with Crippen molar-refractivity contribution in [2.24, 2.45) is 0 Å². The van der Waals surface area contributed by atoms with E-state index in [0.717, 1.165) is 5.56 Å². The van der Waals surface area contributed by atoms with Crippen molar-refractivity contribution in [3.63, 3.8) is 0 Å². The highest BCUT2D eigenvalue weighted by molar-refractivity contribution is 7.91. The third-order valence-corrected chi connectivity index (χ3v) is 5.67. The molecule has 1 aromatic carbocycles. The molecule has 1 aromatic rings. The van der Waals surface area contributed by atoms with Crippen molar-refractivity contribution < 1.29 is 18.0 Å². The number of rotatable bonds is 6. The predicted octanol–water partition coefficient (Wildman–Crippen LogP) is 0.600. The summed E-state index contributed by atoms with van der Waals surface area (Å²) >= 11 is 0. The van der Waals surface area contributed by atoms with Gasteiger partial charge in [0.1, 0.15) is 0 Å². The van der Waals surface area contributed by atoms with Gasteiger partial charge in [0.25, 0.3) is 0 Å². The van der Waals surface area contributed by atoms with Crippen LogP contribution in [0, 0.1) is 0 Å². The van der Waals surface area contributed by atoms with Crippen molar-refractivity contribution in [1.29, 1.82) is 0 Å². The van der Waals surface area contributed by atoms with Crippen LogP contribution in [0.2, 0.25) is 0 Å². The highest BCUT2D eigenvalue weighted by Crippen LogP contribution is 2.17. The van der Waals surface area contributed by atoms with E-state index >= 15 is 0 Å². The molecule has 126 valence electrons. The van der Waals surface area contributed by atoms with Gasteiger partial charge in [0, 0.05) is 12.5 Å². The minimum atomic E-state index is -3.02. The molecule has 2 atom stereocenters. The van der Waals surface area contributed by atoms with Crippen molar-refractivity contribution >= 4 is 21.7 Å². The first-order valence-corrected chi connectivity index (χ1v) is 9.49. The number of amides is 2. The van der Waals surface area contributed by atoms with E-state index in [4.69, 9.17) is 0 Å². The molecule has 2 amide bonds. The highest BCUT2D eigenvalue weighted by atomic mass is 32.2. The number of nitrogens with one attached hydrogen (secondary N) is 2. The monoisotopic (exact) mass is 338 g/mol. The van der Waals surface area contributed by atoms with E-state index < -0.39 is 9.84 Å². The molecule has 0 bridgehead atoms. The minimum absolute atomic E-state index is 0.0161. The maximum absolute atomic E-state index is 11.9. The summed E-state index contributed by atoms with van der Waals surface area (Å²) in [6.45, 7) is 1.83. The van der Waals surface area contributed by atoms with Crippen molar-refractivity contribution in [2.75, 3.05) is 18.1 Å². The Morgan fingerprint density at radius 2 is 1.91 bits per heavy atom. The van der Waals surface area contributed by atoms with Crippen LogP contribution in [-0.4, -0.2) is 44.3 Å². The molecule has 1 aliphatic heterocycles. The van der Waals surface area contributed by atoms with Crippen LogP contribution >= 0.6 is 0 Å². The molecule has 6 nitrogen and oxygen atoms in total. The smallest absolute Gasteiger partial charge is 0.239 e. The number of hydrogen-bond donors (Lipinski definition) is 2. The standard InChI is InChI=1S/C16H22N2O4S/c1-12(13-5-3-2-4-6-13)9-15(19)17-10-16(20)18-14-7-8-23(21,22)11-14/h2-6,12,14H,7-11H2,1H3,(H,17,19)(H,18,20). The summed E-state index contributed by atoms with van der Waals surface area (Å²) in [4.78, 5) is 23.6. The first kappa shape index (κ1) is 17.5. The summed E-state index contributed by atoms with van der Waals surface area (Å²) in [6, 6.07) is 9.35. The molecule has 0 radical (unpaired) electrons. The molecule has 0 aromatic heterocycles. The summed E-state index contributed by atoms with van der Waals surface area (Å²) in [6.07, 6.45) is 0.738. The lowest BCUT2D eigenvalue weighted by molar-refractivity contribution is -0.126. The summed E-state index contributed by atoms with van der Waals surface area (Å²) in [5.41, 5.74) is 1.07. The molecular formula is C16H22N2O4S. The zero-order valence-electron chi connectivity index (χ0n) is 13.1. The lowest BCUT2D eigenvalue weighted by Crippen LogP contribution is -2.42. The minimum Gasteiger partial charge on any atom is -0.351 e. The SMILES string of the molecule is CC(CC(=O)NCC(=O)NC1CCS(=O)(=O)C1)c1ccccc1. The van der Waals surface area contributed by atoms with E-state index in [2.05, 4.69) is 10.6 Å². The molecular weight excluding hydrogens is 316 g/mol. The van der Waals surface area contributed by atoms with Gasteiger partial charge >= 0.3 is 0 Å². The fourth-order valence-electron chi connectivity index (χ4n) is 2.62. The van der Waals surface area contributed by atoms with E-state index in [1.54, 1.807) is 0 Å². The predicted molar refractivity (Wildman–Crippen MR) is 87.7 cm³/mol. The molecule has 1 fully saturated rings. The van der Waals surface area contributed by atoms with Gasteiger partial charge < -0.3 is 10.6 Å². The zero-order chi connectivity index (χ0) is 16.9. The molecule has 0 aliphatic carbocycles. The maximum Gasteiger partial charge on any atom is 0.239 e. The van der Waals surface area contributed by atoms with Crippen LogP contribution in [0.1, 0.15) is 31.2 Å². The van der Waals surface area contributed by atoms with Crippen LogP contribution in [0.3, 0.4) is 0 Å². The van der Waals surface area contributed by atoms with Crippen LogP contribution in [0.15, 0.2) is 30.3 Å². The average molecular weight is 338 g/mol. The van der Waals surface area contributed by atoms with Crippen molar-refractivity contribution in [1.82, 2.24) is 10.6 Å². The van der Waals surface area contributed by atoms with E-state index in [1.165, 1.54) is 0 Å². The zero-order valence-corrected chi connectivity index (χ0v) is 13.9. The second kappa shape index (κ2) is 7.59. The molecule has 0 spiro atoms. The summed E-state index contributed by atoms with van der Waals surface area (Å²) in [7, 11) is -3.02. The van der Waals surface area contributed by atoms with Crippen LogP contribution in [0.4, 0.5) is 0 Å². The van der Waals surface area contributed by atoms with Gasteiger partial charge in [-0.1, -0.05) is 37.3 Å². The van der Waals surface area contributed by atoms with Crippen LogP contribution in [-0.2, 0) is 19.4 Å². The molecule has 1 saturated heterocycles. The Labute approximate surface area is 136 Å². The third kappa shape index (κ3) is 5.67. The summed E-state index contributed by atoms with van der Waals surface area (Å²) < 4.78 is 22.6. The summed E-state index contributed by atoms with van der Waals surface area (Å²) in [5.74, 6) is -0.390. The molecule has 0 saturated carbocycles. The molecule has 23 heavy (non-hydrogen) atoms. The topological polar surface area (TPSA) is 92.3 Å². The Bertz CT molecular complexity index is 658. The Hall–Kier alpha value is -1.89. The molecule has 1 heterocycles. The van der Waals surface area contributed by atoms with Crippen molar-refractivity contribution in [2.45, 2.75) is 31.7 Å². The quantitative estimate of drug-likeness (QED) is 0.794. The van der Waals surface area contributed by atoms with Gasteiger partial charge in [-0.25, -0.2) is 8.42 Å². The van der Waals surface area contributed by atoms with Gasteiger partial charge in [-0.2, -0.15) is 0 Å². The van der Waals surface area contributed by atoms with Crippen molar-refractivity contribution in [3.05, 3.63) is 35.9 Å². The van der Waals surface area contributed by atoms with Crippen LogP contribution < -0.4 is 10.6 Å². The number of benzene rings is 1. The van der Waals surface area contributed by atoms with E-state index in [9.17, 15) is 18.0 Å². The molecule has 2 N–H and O–H groups in total. The van der Waals surface area contributed by atoms with Crippen LogP contribution in [0.5, 0.6) is 0 Å². The van der Waals surface area contributed by atoms with Gasteiger partial charge in [-0.3, -0.25) is 9.59 Å². The number of carbonyl (C=O) groups excluding carboxylic acids is 2. The second-order valence-corrected chi connectivity index (χ2v) is 8.19. The average Bonchev–Trinajstić information content (AvgIpc) is 2.85. The van der Waals surface area contributed by atoms with E-state index in [1.807, 2.05) is 37.3 Å². The normalized spacial score (nSPS) is 20.7. The van der Waals surface area contributed by atoms with Gasteiger partial charge in [0.15, 0.2) is 9.84 Å². The third-order valence-electron chi connectivity index (χ3n) is 3.90. The van der Waals surface area contributed by atoms with Gasteiger partial charge in [0.2, 0.25) is 11.8 Å². The van der Waals surface area contributed by atoms with E-state index in [-0.39, 0.29) is 41.8 Å². The fraction of sp³-hybridized carbons (Fsp3) is 0.500. The Morgan fingerprint density at radius 1 is 1.22 bits per heavy atom. The maximum atomic E-state index is 11.9. The van der Waals surface area contributed by atoms with Crippen LogP contribution in [0.25, 0.3) is 0 Å². The first-order valence-electron chi connectivity index (χ1n) is 7.67. The van der Waals surface area contributed by atoms with Gasteiger partial charge in [-0.05, 0) is 17.9 Å². The number of sulfone groups is 1. The molecule has 2 unspecified atom stereocenters. The van der Waals surface area contributed by atoms with Gasteiger partial charge in [-0.15, -0.1) is 0 Å². The van der Waals surface area contributed by atoms with Gasteiger partial charge in [0.05, 0.1) is 18.1 Å². The lowest BCUT2D eigenvalue weighted by Gasteiger charge is -2.13. The Balaban J connectivity index is 1.71. The Morgan fingerprint density at radius 3 is 2.52 bits per heavy atom. The largest absolute Gasteiger partial charge is 0.351 e. The fourth-order valence-corrected chi connectivity index (χ4v) is 4.29. The first-order chi connectivity index (χ1) is 10.9. The second-order valence-electron chi connectivity index (χ2n) is 5.96. The highest BCUT2D eigenvalue weighted by Gasteiger charge is 2.28. The molecule has 1 aliphatic rings. The molecule has 7 heteroatoms. The number of hydrogen-bond acceptors (Lipinski definition) is 4. The lowest BCUT2D eigenvalue weighted by atomic mass is 9.98. The van der Waals surface area contributed by atoms with Crippen molar-refractivity contribution in [3.8, 4) is 0 Å². The van der Waals surface area contributed by atoms with E-state index in [0.29, 0.717) is 12.8 Å². The molecule has 2 rings (SSSR count).